The molecule has 0 spiro atoms. The molecule has 0 amide bonds. The number of halogens is 1. The minimum Gasteiger partial charge on any atom is -0.485 e. The molecule has 0 aliphatic rings. The van der Waals surface area contributed by atoms with Crippen LogP contribution in [0, 0.1) is 10.1 Å². The zero-order chi connectivity index (χ0) is 25.9. The minimum absolute atomic E-state index is 0.151. The molecule has 5 rings (SSSR count). The van der Waals surface area contributed by atoms with E-state index in [-0.39, 0.29) is 11.4 Å². The molecule has 0 unspecified atom stereocenters. The van der Waals surface area contributed by atoms with Gasteiger partial charge in [0.25, 0.3) is 0 Å². The van der Waals surface area contributed by atoms with Crippen LogP contribution in [0.2, 0.25) is 5.02 Å². The highest BCUT2D eigenvalue weighted by Gasteiger charge is 2.20. The monoisotopic (exact) mass is 520 g/mol. The number of aromatic nitrogens is 5. The van der Waals surface area contributed by atoms with Crippen LogP contribution in [0.5, 0.6) is 17.2 Å². The first-order valence-electron chi connectivity index (χ1n) is 11.1. The maximum atomic E-state index is 11.7. The summed E-state index contributed by atoms with van der Waals surface area (Å²) in [6.45, 7) is 0.913. The Morgan fingerprint density at radius 3 is 2.73 bits per heavy atom. The van der Waals surface area contributed by atoms with Crippen molar-refractivity contribution in [3.63, 3.8) is 0 Å². The zero-order valence-electron chi connectivity index (χ0n) is 19.8. The van der Waals surface area contributed by atoms with Gasteiger partial charge in [0.05, 0.1) is 20.8 Å². The Morgan fingerprint density at radius 2 is 1.95 bits per heavy atom. The van der Waals surface area contributed by atoms with E-state index in [0.717, 1.165) is 0 Å². The van der Waals surface area contributed by atoms with Gasteiger partial charge >= 0.3 is 5.69 Å². The lowest BCUT2D eigenvalue weighted by Gasteiger charge is -2.13. The lowest BCUT2D eigenvalue weighted by Crippen LogP contribution is -2.19. The molecular weight excluding hydrogens is 500 g/mol. The standard InChI is InChI=1S/C24H21ClN8O4/c1-31(2)7-8-36-22-12-19-17(11-20(22)33(34)35)24(28-13-26-19)30-15-3-4-21(18(25)9-15)37-16-5-6-32-23(10-16)27-14-29-32/h3-6,9-14H,7-8H2,1-2H3,(H,26,28,30). The number of nitrogens with zero attached hydrogens (tertiary/aromatic N) is 7. The van der Waals surface area contributed by atoms with E-state index in [2.05, 4.69) is 25.4 Å². The molecule has 13 heteroatoms. The number of rotatable bonds is 9. The number of ether oxygens (including phenoxy) is 2. The zero-order valence-corrected chi connectivity index (χ0v) is 20.6. The van der Waals surface area contributed by atoms with Gasteiger partial charge in [-0.15, -0.1) is 0 Å². The van der Waals surface area contributed by atoms with Crippen molar-refractivity contribution in [2.24, 2.45) is 0 Å². The Kier molecular flexibility index (Phi) is 6.66. The largest absolute Gasteiger partial charge is 0.485 e. The van der Waals surface area contributed by atoms with E-state index in [1.165, 1.54) is 18.7 Å². The predicted octanol–water partition coefficient (Wildman–Crippen LogP) is 4.71. The molecule has 0 saturated carbocycles. The second kappa shape index (κ2) is 10.2. The van der Waals surface area contributed by atoms with Crippen molar-refractivity contribution < 1.29 is 14.4 Å². The molecule has 188 valence electrons. The molecule has 1 N–H and O–H groups in total. The minimum atomic E-state index is -0.485. The van der Waals surface area contributed by atoms with Crippen LogP contribution >= 0.6 is 11.6 Å². The normalized spacial score (nSPS) is 11.2. The highest BCUT2D eigenvalue weighted by atomic mass is 35.5. The van der Waals surface area contributed by atoms with Crippen LogP contribution in [0.3, 0.4) is 0 Å². The summed E-state index contributed by atoms with van der Waals surface area (Å²) in [5.74, 6) is 1.53. The number of fused-ring (bicyclic) bond motifs is 2. The van der Waals surface area contributed by atoms with Crippen LogP contribution < -0.4 is 14.8 Å². The molecule has 0 fully saturated rings. The molecule has 0 radical (unpaired) electrons. The van der Waals surface area contributed by atoms with Crippen LogP contribution in [0.25, 0.3) is 16.6 Å². The Morgan fingerprint density at radius 1 is 1.08 bits per heavy atom. The first kappa shape index (κ1) is 24.2. The second-order valence-corrected chi connectivity index (χ2v) is 8.67. The van der Waals surface area contributed by atoms with Crippen LogP contribution in [0.15, 0.2) is 61.3 Å². The molecule has 2 aromatic carbocycles. The smallest absolute Gasteiger partial charge is 0.311 e. The summed E-state index contributed by atoms with van der Waals surface area (Å²) in [5.41, 5.74) is 1.58. The fraction of sp³-hybridized carbons (Fsp3) is 0.167. The van der Waals surface area contributed by atoms with Crippen molar-refractivity contribution in [3.05, 3.63) is 76.5 Å². The van der Waals surface area contributed by atoms with E-state index < -0.39 is 4.92 Å². The van der Waals surface area contributed by atoms with Crippen molar-refractivity contribution in [1.82, 2.24) is 29.5 Å². The summed E-state index contributed by atoms with van der Waals surface area (Å²) < 4.78 is 13.2. The van der Waals surface area contributed by atoms with Crippen molar-refractivity contribution >= 4 is 45.3 Å². The third-order valence-electron chi connectivity index (χ3n) is 5.38. The Labute approximate surface area is 215 Å². The van der Waals surface area contributed by atoms with E-state index >= 15 is 0 Å². The molecule has 0 atom stereocenters. The van der Waals surface area contributed by atoms with Crippen molar-refractivity contribution in [2.75, 3.05) is 32.6 Å². The fourth-order valence-corrected chi connectivity index (χ4v) is 3.77. The molecule has 0 aliphatic heterocycles. The lowest BCUT2D eigenvalue weighted by atomic mass is 10.2. The lowest BCUT2D eigenvalue weighted by molar-refractivity contribution is -0.385. The third-order valence-corrected chi connectivity index (χ3v) is 5.68. The van der Waals surface area contributed by atoms with E-state index in [1.807, 2.05) is 19.0 Å². The number of nitrogens with one attached hydrogen (secondary N) is 1. The van der Waals surface area contributed by atoms with Crippen LogP contribution in [-0.4, -0.2) is 61.6 Å². The van der Waals surface area contributed by atoms with Gasteiger partial charge in [0.1, 0.15) is 36.6 Å². The highest BCUT2D eigenvalue weighted by Crippen LogP contribution is 2.36. The van der Waals surface area contributed by atoms with Crippen molar-refractivity contribution in [1.29, 1.82) is 0 Å². The predicted molar refractivity (Wildman–Crippen MR) is 138 cm³/mol. The van der Waals surface area contributed by atoms with Crippen LogP contribution in [0.4, 0.5) is 17.2 Å². The molecular formula is C24H21ClN8O4. The molecule has 0 bridgehead atoms. The topological polar surface area (TPSA) is 133 Å². The Bertz CT molecular complexity index is 1610. The first-order valence-corrected chi connectivity index (χ1v) is 11.5. The van der Waals surface area contributed by atoms with Gasteiger partial charge in [0.2, 0.25) is 0 Å². The van der Waals surface area contributed by atoms with Gasteiger partial charge in [0.15, 0.2) is 11.4 Å². The van der Waals surface area contributed by atoms with E-state index in [4.69, 9.17) is 21.1 Å². The Hall–Kier alpha value is -4.55. The third kappa shape index (κ3) is 5.34. The Balaban J connectivity index is 1.39. The van der Waals surface area contributed by atoms with Gasteiger partial charge in [-0.3, -0.25) is 10.1 Å². The summed E-state index contributed by atoms with van der Waals surface area (Å²) in [6.07, 6.45) is 4.57. The maximum Gasteiger partial charge on any atom is 0.311 e. The number of pyridine rings is 1. The molecule has 3 aromatic heterocycles. The molecule has 0 aliphatic carbocycles. The maximum absolute atomic E-state index is 11.7. The van der Waals surface area contributed by atoms with Gasteiger partial charge in [-0.05, 0) is 38.4 Å². The molecule has 0 saturated heterocycles. The van der Waals surface area contributed by atoms with Gasteiger partial charge in [-0.2, -0.15) is 5.10 Å². The number of hydrogen-bond donors (Lipinski definition) is 1. The van der Waals surface area contributed by atoms with E-state index in [9.17, 15) is 10.1 Å². The van der Waals surface area contributed by atoms with Gasteiger partial charge in [-0.1, -0.05) is 11.6 Å². The SMILES string of the molecule is CN(C)CCOc1cc2ncnc(Nc3ccc(Oc4ccn5ncnc5c4)c(Cl)c3)c2cc1[N+](=O)[O-]. The number of benzene rings is 2. The fourth-order valence-electron chi connectivity index (χ4n) is 3.55. The van der Waals surface area contributed by atoms with Gasteiger partial charge < -0.3 is 19.7 Å². The summed E-state index contributed by atoms with van der Waals surface area (Å²) in [4.78, 5) is 25.9. The number of likely N-dealkylation sites (N-methyl/N-ethyl adjacent to an activating group) is 1. The summed E-state index contributed by atoms with van der Waals surface area (Å²) >= 11 is 6.48. The van der Waals surface area contributed by atoms with Crippen LogP contribution in [0.1, 0.15) is 0 Å². The van der Waals surface area contributed by atoms with Crippen molar-refractivity contribution in [3.8, 4) is 17.2 Å². The van der Waals surface area contributed by atoms with Gasteiger partial charge in [0, 0.05) is 36.6 Å². The molecule has 37 heavy (non-hydrogen) atoms. The molecule has 3 heterocycles. The second-order valence-electron chi connectivity index (χ2n) is 8.27. The van der Waals surface area contributed by atoms with E-state index in [0.29, 0.717) is 57.7 Å². The van der Waals surface area contributed by atoms with Crippen LogP contribution in [-0.2, 0) is 0 Å². The number of nitro benzene ring substituents is 1. The molecule has 5 aromatic rings. The van der Waals surface area contributed by atoms with E-state index in [1.54, 1.807) is 47.1 Å². The van der Waals surface area contributed by atoms with Gasteiger partial charge in [-0.25, -0.2) is 19.5 Å². The first-order chi connectivity index (χ1) is 17.9. The summed E-state index contributed by atoms with van der Waals surface area (Å²) in [7, 11) is 3.79. The average Bonchev–Trinajstić information content (AvgIpc) is 3.33. The summed E-state index contributed by atoms with van der Waals surface area (Å²) in [5, 5.41) is 19.8. The highest BCUT2D eigenvalue weighted by molar-refractivity contribution is 6.32. The quantitative estimate of drug-likeness (QED) is 0.215. The van der Waals surface area contributed by atoms with Crippen molar-refractivity contribution in [2.45, 2.75) is 0 Å². The average molecular weight is 521 g/mol. The number of anilines is 2. The number of nitro groups is 1. The summed E-state index contributed by atoms with van der Waals surface area (Å²) in [6, 6.07) is 11.6. The molecule has 12 nitrogen and oxygen atoms in total. The number of hydrogen-bond acceptors (Lipinski definition) is 10.